The molecule has 6 nitrogen and oxygen atoms in total. The minimum Gasteiger partial charge on any atom is -0.352 e. The summed E-state index contributed by atoms with van der Waals surface area (Å²) in [6, 6.07) is 16.1. The summed E-state index contributed by atoms with van der Waals surface area (Å²) in [5, 5.41) is 7.06. The van der Waals surface area contributed by atoms with Gasteiger partial charge in [0.15, 0.2) is 5.11 Å². The Bertz CT molecular complexity index is 1080. The van der Waals surface area contributed by atoms with Gasteiger partial charge in [0.05, 0.1) is 17.8 Å². The number of pyridine rings is 1. The van der Waals surface area contributed by atoms with Crippen LogP contribution in [0.25, 0.3) is 0 Å². The van der Waals surface area contributed by atoms with Gasteiger partial charge in [-0.15, -0.1) is 0 Å². The van der Waals surface area contributed by atoms with Crippen molar-refractivity contribution in [2.75, 3.05) is 11.9 Å². The largest absolute Gasteiger partial charge is 0.352 e. The molecule has 0 saturated carbocycles. The second-order valence-corrected chi connectivity index (χ2v) is 8.86. The average molecular weight is 448 g/mol. The third-order valence-electron chi connectivity index (χ3n) is 5.79. The molecular weight excluding hydrogens is 418 g/mol. The number of anilines is 1. The van der Waals surface area contributed by atoms with Crippen molar-refractivity contribution in [1.29, 1.82) is 0 Å². The number of aromatic nitrogens is 2. The van der Waals surface area contributed by atoms with Crippen molar-refractivity contribution in [1.82, 2.24) is 19.8 Å². The normalized spacial score (nSPS) is 18.1. The lowest BCUT2D eigenvalue weighted by Gasteiger charge is -2.27. The van der Waals surface area contributed by atoms with Gasteiger partial charge in [-0.2, -0.15) is 0 Å². The quantitative estimate of drug-likeness (QED) is 0.511. The van der Waals surface area contributed by atoms with Gasteiger partial charge in [-0.1, -0.05) is 23.8 Å². The molecule has 2 aromatic heterocycles. The summed E-state index contributed by atoms with van der Waals surface area (Å²) in [6.07, 6.45) is 6.40. The molecule has 166 valence electrons. The highest BCUT2D eigenvalue weighted by Crippen LogP contribution is 2.39. The van der Waals surface area contributed by atoms with Gasteiger partial charge in [0.1, 0.15) is 0 Å². The molecule has 1 aromatic carbocycles. The second kappa shape index (κ2) is 9.53. The molecule has 1 fully saturated rings. The lowest BCUT2D eigenvalue weighted by atomic mass is 9.99. The van der Waals surface area contributed by atoms with Crippen LogP contribution in [-0.4, -0.2) is 32.0 Å². The fraction of sp³-hybridized carbons (Fsp3) is 0.320. The molecule has 0 unspecified atom stereocenters. The molecule has 0 bridgehead atoms. The molecule has 32 heavy (non-hydrogen) atoms. The zero-order valence-electron chi connectivity index (χ0n) is 18.7. The van der Waals surface area contributed by atoms with E-state index in [9.17, 15) is 4.79 Å². The van der Waals surface area contributed by atoms with E-state index in [1.54, 1.807) is 6.20 Å². The maximum Gasteiger partial charge on any atom is 0.226 e. The predicted octanol–water partition coefficient (Wildman–Crippen LogP) is 4.77. The van der Waals surface area contributed by atoms with Crippen molar-refractivity contribution in [3.05, 3.63) is 83.9 Å². The van der Waals surface area contributed by atoms with Crippen LogP contribution in [0.5, 0.6) is 0 Å². The molecule has 1 aliphatic heterocycles. The van der Waals surface area contributed by atoms with Gasteiger partial charge in [-0.3, -0.25) is 9.78 Å². The van der Waals surface area contributed by atoms with E-state index in [1.807, 2.05) is 49.4 Å². The summed E-state index contributed by atoms with van der Waals surface area (Å²) in [5.41, 5.74) is 4.05. The van der Waals surface area contributed by atoms with E-state index in [1.165, 1.54) is 0 Å². The molecule has 7 heteroatoms. The zero-order chi connectivity index (χ0) is 22.7. The van der Waals surface area contributed by atoms with Gasteiger partial charge in [0.2, 0.25) is 5.91 Å². The number of carbonyl (C=O) groups is 1. The van der Waals surface area contributed by atoms with Crippen molar-refractivity contribution >= 4 is 28.9 Å². The van der Waals surface area contributed by atoms with E-state index in [2.05, 4.69) is 57.4 Å². The van der Waals surface area contributed by atoms with Gasteiger partial charge in [-0.25, -0.2) is 0 Å². The van der Waals surface area contributed by atoms with Crippen LogP contribution in [-0.2, 0) is 4.79 Å². The molecule has 3 heterocycles. The van der Waals surface area contributed by atoms with Gasteiger partial charge in [-0.05, 0) is 68.9 Å². The number of hydrogen-bond acceptors (Lipinski definition) is 3. The Labute approximate surface area is 194 Å². The van der Waals surface area contributed by atoms with Crippen LogP contribution in [0, 0.1) is 6.92 Å². The van der Waals surface area contributed by atoms with Crippen molar-refractivity contribution in [3.63, 3.8) is 0 Å². The minimum atomic E-state index is -0.0770. The Morgan fingerprint density at radius 1 is 1.19 bits per heavy atom. The average Bonchev–Trinajstić information content (AvgIpc) is 3.39. The van der Waals surface area contributed by atoms with E-state index in [4.69, 9.17) is 12.2 Å². The molecule has 4 rings (SSSR count). The van der Waals surface area contributed by atoms with E-state index in [-0.39, 0.29) is 18.0 Å². The molecule has 0 radical (unpaired) electrons. The van der Waals surface area contributed by atoms with Crippen molar-refractivity contribution in [3.8, 4) is 0 Å². The van der Waals surface area contributed by atoms with Gasteiger partial charge in [0, 0.05) is 43.3 Å². The monoisotopic (exact) mass is 447 g/mol. The second-order valence-electron chi connectivity index (χ2n) is 8.47. The molecule has 2 N–H and O–H groups in total. The van der Waals surface area contributed by atoms with E-state index >= 15 is 0 Å². The van der Waals surface area contributed by atoms with E-state index in [0.717, 1.165) is 22.5 Å². The van der Waals surface area contributed by atoms with E-state index in [0.29, 0.717) is 24.1 Å². The molecule has 1 amide bonds. The van der Waals surface area contributed by atoms with Crippen LogP contribution >= 0.6 is 12.2 Å². The highest BCUT2D eigenvalue weighted by atomic mass is 32.1. The fourth-order valence-electron chi connectivity index (χ4n) is 4.02. The number of thiocarbonyl (C=S) groups is 1. The van der Waals surface area contributed by atoms with Crippen LogP contribution < -0.4 is 10.6 Å². The first-order valence-corrected chi connectivity index (χ1v) is 11.3. The summed E-state index contributed by atoms with van der Waals surface area (Å²) in [6.45, 7) is 6.86. The highest BCUT2D eigenvalue weighted by molar-refractivity contribution is 7.80. The molecule has 1 aliphatic rings. The summed E-state index contributed by atoms with van der Waals surface area (Å²) >= 11 is 5.70. The lowest BCUT2D eigenvalue weighted by Crippen LogP contribution is -2.32. The fourth-order valence-corrected chi connectivity index (χ4v) is 4.35. The molecular formula is C25H29N5OS. The minimum absolute atomic E-state index is 0.0311. The van der Waals surface area contributed by atoms with Gasteiger partial charge < -0.3 is 20.1 Å². The predicted molar refractivity (Wildman–Crippen MR) is 131 cm³/mol. The van der Waals surface area contributed by atoms with E-state index < -0.39 is 0 Å². The SMILES string of the molecule is Cc1ccc(NC(=O)CCN2C(=S)N[C@H](c3ccccn3)[C@@H]2c2ccn(C(C)C)c2)cc1. The first kappa shape index (κ1) is 22.0. The summed E-state index contributed by atoms with van der Waals surface area (Å²) in [4.78, 5) is 19.3. The summed E-state index contributed by atoms with van der Waals surface area (Å²) < 4.78 is 2.19. The Balaban J connectivity index is 1.53. The Morgan fingerprint density at radius 3 is 2.62 bits per heavy atom. The Hall–Kier alpha value is -3.19. The topological polar surface area (TPSA) is 62.2 Å². The summed E-state index contributed by atoms with van der Waals surface area (Å²) in [5.74, 6) is -0.0311. The zero-order valence-corrected chi connectivity index (χ0v) is 19.5. The maximum atomic E-state index is 12.6. The molecule has 2 atom stereocenters. The number of rotatable bonds is 7. The number of nitrogens with zero attached hydrogens (tertiary/aromatic N) is 3. The number of hydrogen-bond donors (Lipinski definition) is 2. The summed E-state index contributed by atoms with van der Waals surface area (Å²) in [7, 11) is 0. The van der Waals surface area contributed by atoms with Gasteiger partial charge in [0.25, 0.3) is 0 Å². The van der Waals surface area contributed by atoms with Crippen LogP contribution in [0.2, 0.25) is 0 Å². The first-order chi connectivity index (χ1) is 15.4. The van der Waals surface area contributed by atoms with Crippen molar-refractivity contribution in [2.45, 2.75) is 45.3 Å². The molecule has 3 aromatic rings. The number of amides is 1. The molecule has 1 saturated heterocycles. The van der Waals surface area contributed by atoms with Crippen LogP contribution in [0.3, 0.4) is 0 Å². The number of nitrogens with one attached hydrogen (secondary N) is 2. The smallest absolute Gasteiger partial charge is 0.226 e. The van der Waals surface area contributed by atoms with Crippen LogP contribution in [0.15, 0.2) is 67.1 Å². The number of aryl methyl sites for hydroxylation is 1. The molecule has 0 spiro atoms. The Kier molecular flexibility index (Phi) is 6.55. The van der Waals surface area contributed by atoms with Crippen molar-refractivity contribution < 1.29 is 4.79 Å². The first-order valence-electron chi connectivity index (χ1n) is 10.9. The number of carbonyl (C=O) groups excluding carboxylic acids is 1. The third kappa shape index (κ3) is 4.83. The lowest BCUT2D eigenvalue weighted by molar-refractivity contribution is -0.116. The number of benzene rings is 1. The standard InChI is InChI=1S/C25H29N5OS/c1-17(2)29-14-11-19(16-29)24-23(21-6-4-5-13-26-21)28-25(32)30(24)15-12-22(31)27-20-9-7-18(3)8-10-20/h4-11,13-14,16-17,23-24H,12,15H2,1-3H3,(H,27,31)(H,28,32)/t23-,24+/m1/s1. The Morgan fingerprint density at radius 2 is 1.97 bits per heavy atom. The van der Waals surface area contributed by atoms with Crippen LogP contribution in [0.4, 0.5) is 5.69 Å². The third-order valence-corrected chi connectivity index (χ3v) is 6.14. The highest BCUT2D eigenvalue weighted by Gasteiger charge is 2.40. The molecule has 0 aliphatic carbocycles. The van der Waals surface area contributed by atoms with Crippen LogP contribution in [0.1, 0.15) is 55.2 Å². The maximum absolute atomic E-state index is 12.6. The van der Waals surface area contributed by atoms with Crippen molar-refractivity contribution in [2.24, 2.45) is 0 Å². The van der Waals surface area contributed by atoms with Gasteiger partial charge >= 0.3 is 0 Å².